The number of halogens is 5. The molecule has 0 unspecified atom stereocenters. The number of hydrogen-bond donors (Lipinski definition) is 0. The van der Waals surface area contributed by atoms with E-state index in [0.717, 1.165) is 27.9 Å². The molecule has 0 atom stereocenters. The van der Waals surface area contributed by atoms with Gasteiger partial charge >= 0.3 is 13.6 Å². The maximum atomic E-state index is 13.8. The molecule has 8 heteroatoms. The van der Waals surface area contributed by atoms with E-state index >= 15 is 0 Å². The van der Waals surface area contributed by atoms with Gasteiger partial charge in [0.1, 0.15) is 0 Å². The molecule has 0 aliphatic carbocycles. The molecule has 0 saturated carbocycles. The third-order valence-corrected chi connectivity index (χ3v) is 4.94. The van der Waals surface area contributed by atoms with Crippen LogP contribution in [0.25, 0.3) is 5.57 Å². The Hall–Kier alpha value is -2.64. The highest BCUT2D eigenvalue weighted by molar-refractivity contribution is 6.41. The van der Waals surface area contributed by atoms with Crippen molar-refractivity contribution in [1.82, 2.24) is 4.48 Å². The maximum absolute atomic E-state index is 13.8. The summed E-state index contributed by atoms with van der Waals surface area (Å²) in [5.41, 5.74) is 4.04. The number of aryl methyl sites for hydroxylation is 2. The molecule has 0 N–H and O–H groups in total. The standard InChI is InChI=1S/C21H20BF5N2/c1-12-9-14(3)28-19(12)18(20-13(2)10-15(4)29(20)22(26)27)11-16-5-7-17(8-6-16)21(23,24)25/h5-10H,11H2,1-4H3/b19-18+. The molecule has 0 amide bonds. The third kappa shape index (κ3) is 4.21. The van der Waals surface area contributed by atoms with Crippen LogP contribution in [0.2, 0.25) is 0 Å². The van der Waals surface area contributed by atoms with E-state index in [0.29, 0.717) is 33.8 Å². The van der Waals surface area contributed by atoms with E-state index in [1.165, 1.54) is 12.1 Å². The van der Waals surface area contributed by atoms with Crippen molar-refractivity contribution in [2.75, 3.05) is 0 Å². The summed E-state index contributed by atoms with van der Waals surface area (Å²) in [6.07, 6.45) is -2.38. The van der Waals surface area contributed by atoms with E-state index in [2.05, 4.69) is 4.99 Å². The summed E-state index contributed by atoms with van der Waals surface area (Å²) >= 11 is 0. The predicted octanol–water partition coefficient (Wildman–Crippen LogP) is 6.27. The topological polar surface area (TPSA) is 17.3 Å². The fourth-order valence-electron chi connectivity index (χ4n) is 3.73. The first kappa shape index (κ1) is 21.1. The molecule has 2 heterocycles. The van der Waals surface area contributed by atoms with Crippen LogP contribution in [0.3, 0.4) is 0 Å². The highest BCUT2D eigenvalue weighted by Gasteiger charge is 2.31. The van der Waals surface area contributed by atoms with Crippen molar-refractivity contribution in [3.05, 3.63) is 75.8 Å². The normalized spacial score (nSPS) is 16.0. The molecule has 1 aliphatic heterocycles. The van der Waals surface area contributed by atoms with Crippen LogP contribution in [0, 0.1) is 13.8 Å². The Kier molecular flexibility index (Phi) is 5.56. The first-order chi connectivity index (χ1) is 13.5. The number of aliphatic imine (C=N–C) groups is 1. The van der Waals surface area contributed by atoms with Gasteiger partial charge in [0.2, 0.25) is 0 Å². The van der Waals surface area contributed by atoms with Crippen LogP contribution >= 0.6 is 0 Å². The van der Waals surface area contributed by atoms with Gasteiger partial charge in [0.15, 0.2) is 0 Å². The van der Waals surface area contributed by atoms with Gasteiger partial charge in [-0.1, -0.05) is 12.1 Å². The zero-order valence-corrected chi connectivity index (χ0v) is 16.5. The van der Waals surface area contributed by atoms with Crippen LogP contribution in [0.5, 0.6) is 0 Å². The van der Waals surface area contributed by atoms with Gasteiger partial charge in [0.05, 0.1) is 11.3 Å². The van der Waals surface area contributed by atoms with Crippen LogP contribution in [-0.2, 0) is 12.6 Å². The largest absolute Gasteiger partial charge is 0.677 e. The first-order valence-corrected chi connectivity index (χ1v) is 9.09. The van der Waals surface area contributed by atoms with Crippen LogP contribution in [0.15, 0.2) is 52.7 Å². The highest BCUT2D eigenvalue weighted by atomic mass is 19.4. The average Bonchev–Trinajstić information content (AvgIpc) is 3.10. The molecule has 2 aromatic rings. The lowest BCUT2D eigenvalue weighted by Gasteiger charge is -2.17. The molecule has 0 radical (unpaired) electrons. The molecule has 0 fully saturated rings. The minimum absolute atomic E-state index is 0.187. The number of nitrogens with zero attached hydrogens (tertiary/aromatic N) is 2. The quantitative estimate of drug-likeness (QED) is 0.421. The second-order valence-corrected chi connectivity index (χ2v) is 7.24. The number of rotatable bonds is 4. The minimum atomic E-state index is -4.43. The Morgan fingerprint density at radius 2 is 1.66 bits per heavy atom. The summed E-state index contributed by atoms with van der Waals surface area (Å²) < 4.78 is 67.2. The van der Waals surface area contributed by atoms with Crippen molar-refractivity contribution in [3.63, 3.8) is 0 Å². The second-order valence-electron chi connectivity index (χ2n) is 7.24. The lowest BCUT2D eigenvalue weighted by Crippen LogP contribution is -2.18. The van der Waals surface area contributed by atoms with Crippen LogP contribution in [0.4, 0.5) is 21.8 Å². The highest BCUT2D eigenvalue weighted by Crippen LogP contribution is 2.35. The van der Waals surface area contributed by atoms with Gasteiger partial charge in [-0.2, -0.15) is 13.2 Å². The number of alkyl halides is 3. The summed E-state index contributed by atoms with van der Waals surface area (Å²) in [6, 6.07) is 6.46. The fraction of sp³-hybridized carbons (Fsp3) is 0.286. The first-order valence-electron chi connectivity index (χ1n) is 9.09. The summed E-state index contributed by atoms with van der Waals surface area (Å²) in [6.45, 7) is 7.02. The number of aromatic nitrogens is 1. The van der Waals surface area contributed by atoms with E-state index in [9.17, 15) is 21.8 Å². The predicted molar refractivity (Wildman–Crippen MR) is 106 cm³/mol. The SMILES string of the molecule is CC1=CC(C)=N/C1=C(\Cc1ccc(C(F)(F)F)cc1)c1c(C)cc(C)n1B(F)F. The molecule has 0 spiro atoms. The van der Waals surface area contributed by atoms with E-state index in [4.69, 9.17) is 0 Å². The van der Waals surface area contributed by atoms with Crippen molar-refractivity contribution >= 4 is 18.7 Å². The zero-order chi connectivity index (χ0) is 21.5. The van der Waals surface area contributed by atoms with Gasteiger partial charge < -0.3 is 4.48 Å². The smallest absolute Gasteiger partial charge is 0.329 e. The summed E-state index contributed by atoms with van der Waals surface area (Å²) in [5, 5.41) is 0. The molecule has 3 rings (SSSR count). The Balaban J connectivity index is 2.16. The molecule has 29 heavy (non-hydrogen) atoms. The monoisotopic (exact) mass is 406 g/mol. The van der Waals surface area contributed by atoms with E-state index in [1.807, 2.05) is 19.9 Å². The van der Waals surface area contributed by atoms with Crippen molar-refractivity contribution in [3.8, 4) is 0 Å². The van der Waals surface area contributed by atoms with Crippen LogP contribution in [0.1, 0.15) is 41.9 Å². The van der Waals surface area contributed by atoms with Gasteiger partial charge in [0.25, 0.3) is 0 Å². The average molecular weight is 406 g/mol. The number of hydrogen-bond acceptors (Lipinski definition) is 1. The Bertz CT molecular complexity index is 1020. The molecule has 1 aromatic carbocycles. The molecular formula is C21H20BF5N2. The zero-order valence-electron chi connectivity index (χ0n) is 16.5. The van der Waals surface area contributed by atoms with Gasteiger partial charge in [-0.3, -0.25) is 13.6 Å². The van der Waals surface area contributed by atoms with Crippen LogP contribution in [-0.4, -0.2) is 17.6 Å². The molecule has 152 valence electrons. The van der Waals surface area contributed by atoms with Crippen molar-refractivity contribution < 1.29 is 21.8 Å². The van der Waals surface area contributed by atoms with Gasteiger partial charge in [-0.25, -0.2) is 0 Å². The summed E-state index contributed by atoms with van der Waals surface area (Å²) in [5.74, 6) is 0. The van der Waals surface area contributed by atoms with Gasteiger partial charge in [0, 0.05) is 29.1 Å². The Labute approximate surface area is 166 Å². The lowest BCUT2D eigenvalue weighted by atomic mass is 9.94. The van der Waals surface area contributed by atoms with E-state index < -0.39 is 19.1 Å². The second kappa shape index (κ2) is 7.65. The molecule has 0 saturated heterocycles. The Morgan fingerprint density at radius 1 is 1.03 bits per heavy atom. The Morgan fingerprint density at radius 3 is 2.14 bits per heavy atom. The van der Waals surface area contributed by atoms with E-state index in [1.54, 1.807) is 19.9 Å². The molecule has 1 aliphatic rings. The third-order valence-electron chi connectivity index (χ3n) is 4.94. The molecule has 2 nitrogen and oxygen atoms in total. The number of allylic oxidation sites excluding steroid dienone is 3. The number of benzene rings is 1. The van der Waals surface area contributed by atoms with Gasteiger partial charge in [-0.05, 0) is 68.7 Å². The summed E-state index contributed by atoms with van der Waals surface area (Å²) in [7, 11) is -2.74. The molecule has 0 bridgehead atoms. The van der Waals surface area contributed by atoms with E-state index in [-0.39, 0.29) is 6.42 Å². The maximum Gasteiger partial charge on any atom is 0.677 e. The van der Waals surface area contributed by atoms with Gasteiger partial charge in [-0.15, -0.1) is 0 Å². The van der Waals surface area contributed by atoms with Crippen LogP contribution < -0.4 is 0 Å². The molecule has 1 aromatic heterocycles. The minimum Gasteiger partial charge on any atom is -0.329 e. The summed E-state index contributed by atoms with van der Waals surface area (Å²) in [4.78, 5) is 4.52. The van der Waals surface area contributed by atoms with Crippen molar-refractivity contribution in [2.45, 2.75) is 40.3 Å². The van der Waals surface area contributed by atoms with Crippen molar-refractivity contribution in [1.29, 1.82) is 0 Å². The molecular weight excluding hydrogens is 386 g/mol. The van der Waals surface area contributed by atoms with Crippen molar-refractivity contribution in [2.24, 2.45) is 4.99 Å². The fourth-order valence-corrected chi connectivity index (χ4v) is 3.73. The lowest BCUT2D eigenvalue weighted by molar-refractivity contribution is -0.137.